The van der Waals surface area contributed by atoms with Crippen molar-refractivity contribution in [1.29, 1.82) is 0 Å². The standard InChI is InChI=1S/C3H8O4S.C3H5O/c4-2-1-3-8(5,6)7;1-2-3-4/h4H,1-3H2,(H,5,6,7);2H,1,3H2. The van der Waals surface area contributed by atoms with E-state index in [9.17, 15) is 13.5 Å². The fourth-order valence-electron chi connectivity index (χ4n) is 0.247. The molecule has 2 N–H and O–H groups in total. The predicted octanol–water partition coefficient (Wildman–Crippen LogP) is -0.140. The molecule has 0 aliphatic rings. The Morgan fingerprint density at radius 1 is 1.42 bits per heavy atom. The summed E-state index contributed by atoms with van der Waals surface area (Å²) < 4.78 is 27.7. The molecule has 5 nitrogen and oxygen atoms in total. The second-order valence-electron chi connectivity index (χ2n) is 1.82. The van der Waals surface area contributed by atoms with Crippen LogP contribution in [0.1, 0.15) is 6.42 Å². The number of hydrogen-bond acceptors (Lipinski definition) is 3. The lowest BCUT2D eigenvalue weighted by Crippen LogP contribution is -2.04. The highest BCUT2D eigenvalue weighted by Crippen LogP contribution is 1.84. The molecule has 0 rings (SSSR count). The van der Waals surface area contributed by atoms with Gasteiger partial charge in [0.25, 0.3) is 10.1 Å². The zero-order valence-corrected chi connectivity index (χ0v) is 7.46. The van der Waals surface area contributed by atoms with E-state index in [2.05, 4.69) is 6.58 Å². The topological polar surface area (TPSA) is 94.5 Å². The van der Waals surface area contributed by atoms with Crippen LogP contribution in [0.15, 0.2) is 12.7 Å². The first-order chi connectivity index (χ1) is 5.47. The van der Waals surface area contributed by atoms with Crippen LogP contribution in [0.5, 0.6) is 0 Å². The average Bonchev–Trinajstić information content (AvgIpc) is 2.00. The molecule has 0 unspecified atom stereocenters. The molecule has 0 bridgehead atoms. The fourth-order valence-corrected chi connectivity index (χ4v) is 0.741. The van der Waals surface area contributed by atoms with Crippen molar-refractivity contribution in [2.45, 2.75) is 6.42 Å². The van der Waals surface area contributed by atoms with E-state index in [0.29, 0.717) is 0 Å². The van der Waals surface area contributed by atoms with Gasteiger partial charge in [-0.05, 0) is 6.42 Å². The number of aliphatic hydroxyl groups is 1. The summed E-state index contributed by atoms with van der Waals surface area (Å²) in [5, 5.41) is 17.2. The molecule has 0 amide bonds. The summed E-state index contributed by atoms with van der Waals surface area (Å²) in [6, 6.07) is 0. The van der Waals surface area contributed by atoms with Gasteiger partial charge in [0, 0.05) is 6.61 Å². The molecule has 0 saturated carbocycles. The van der Waals surface area contributed by atoms with Gasteiger partial charge < -0.3 is 5.11 Å². The second kappa shape index (κ2) is 8.66. The second-order valence-corrected chi connectivity index (χ2v) is 3.39. The van der Waals surface area contributed by atoms with Crippen LogP contribution in [0.2, 0.25) is 0 Å². The molecule has 0 atom stereocenters. The van der Waals surface area contributed by atoms with Crippen LogP contribution in [0.3, 0.4) is 0 Å². The van der Waals surface area contributed by atoms with Crippen LogP contribution in [0.25, 0.3) is 0 Å². The first kappa shape index (κ1) is 14.1. The van der Waals surface area contributed by atoms with E-state index in [1.165, 1.54) is 6.08 Å². The molecule has 0 heterocycles. The van der Waals surface area contributed by atoms with Crippen molar-refractivity contribution in [2.75, 3.05) is 19.0 Å². The summed E-state index contributed by atoms with van der Waals surface area (Å²) in [5.41, 5.74) is 0. The maximum atomic E-state index is 9.83. The molecule has 0 aromatic rings. The lowest BCUT2D eigenvalue weighted by molar-refractivity contribution is 0.232. The Kier molecular flexibility index (Phi) is 10.2. The minimum atomic E-state index is -3.85. The Balaban J connectivity index is 0. The lowest BCUT2D eigenvalue weighted by atomic mass is 10.5. The molecule has 0 spiro atoms. The Hall–Kier alpha value is -0.430. The maximum Gasteiger partial charge on any atom is 0.264 e. The van der Waals surface area contributed by atoms with Crippen molar-refractivity contribution in [3.05, 3.63) is 12.7 Å². The average molecular weight is 197 g/mol. The molecule has 6 heteroatoms. The van der Waals surface area contributed by atoms with Crippen molar-refractivity contribution < 1.29 is 23.2 Å². The SMILES string of the molecule is C=CC[O].O=S(=O)(O)CCCO. The van der Waals surface area contributed by atoms with Crippen LogP contribution >= 0.6 is 0 Å². The molecule has 0 aromatic carbocycles. The smallest absolute Gasteiger partial charge is 0.264 e. The Labute approximate surface area is 72.1 Å². The van der Waals surface area contributed by atoms with Crippen LogP contribution in [-0.2, 0) is 15.2 Å². The Morgan fingerprint density at radius 2 is 1.83 bits per heavy atom. The summed E-state index contributed by atoms with van der Waals surface area (Å²) >= 11 is 0. The van der Waals surface area contributed by atoms with Crippen molar-refractivity contribution in [3.63, 3.8) is 0 Å². The lowest BCUT2D eigenvalue weighted by Gasteiger charge is -1.89. The van der Waals surface area contributed by atoms with Gasteiger partial charge in [0.05, 0.1) is 5.75 Å². The number of rotatable bonds is 4. The van der Waals surface area contributed by atoms with Gasteiger partial charge in [-0.2, -0.15) is 8.42 Å². The third-order valence-electron chi connectivity index (χ3n) is 0.678. The zero-order chi connectivity index (χ0) is 10.0. The first-order valence-corrected chi connectivity index (χ1v) is 4.84. The molecular weight excluding hydrogens is 184 g/mol. The third kappa shape index (κ3) is 22.7. The van der Waals surface area contributed by atoms with E-state index in [0.717, 1.165) is 0 Å². The van der Waals surface area contributed by atoms with Gasteiger partial charge in [-0.3, -0.25) is 4.55 Å². The third-order valence-corrected chi connectivity index (χ3v) is 1.48. The number of hydrogen-bond donors (Lipinski definition) is 2. The van der Waals surface area contributed by atoms with Gasteiger partial charge in [0.1, 0.15) is 6.61 Å². The van der Waals surface area contributed by atoms with E-state index < -0.39 is 10.1 Å². The fraction of sp³-hybridized carbons (Fsp3) is 0.667. The van der Waals surface area contributed by atoms with E-state index >= 15 is 0 Å². The van der Waals surface area contributed by atoms with Crippen molar-refractivity contribution in [2.24, 2.45) is 0 Å². The zero-order valence-electron chi connectivity index (χ0n) is 6.64. The van der Waals surface area contributed by atoms with Gasteiger partial charge in [-0.15, -0.1) is 6.58 Å². The number of aliphatic hydroxyl groups excluding tert-OH is 1. The largest absolute Gasteiger partial charge is 0.396 e. The van der Waals surface area contributed by atoms with E-state index in [-0.39, 0.29) is 25.4 Å². The van der Waals surface area contributed by atoms with Crippen molar-refractivity contribution in [1.82, 2.24) is 0 Å². The molecule has 12 heavy (non-hydrogen) atoms. The van der Waals surface area contributed by atoms with Gasteiger partial charge in [0.2, 0.25) is 0 Å². The van der Waals surface area contributed by atoms with Crippen LogP contribution < -0.4 is 0 Å². The molecule has 0 aliphatic heterocycles. The summed E-state index contributed by atoms with van der Waals surface area (Å²) in [6.45, 7) is 2.79. The highest BCUT2D eigenvalue weighted by molar-refractivity contribution is 7.85. The summed E-state index contributed by atoms with van der Waals surface area (Å²) in [4.78, 5) is 0. The van der Waals surface area contributed by atoms with Crippen molar-refractivity contribution >= 4 is 10.1 Å². The quantitative estimate of drug-likeness (QED) is 0.484. The minimum Gasteiger partial charge on any atom is -0.396 e. The molecule has 0 fully saturated rings. The Morgan fingerprint density at radius 3 is 1.92 bits per heavy atom. The predicted molar refractivity (Wildman–Crippen MR) is 43.9 cm³/mol. The molecule has 1 radical (unpaired) electrons. The highest BCUT2D eigenvalue weighted by atomic mass is 32.2. The normalized spacial score (nSPS) is 9.92. The molecule has 0 aromatic heterocycles. The van der Waals surface area contributed by atoms with Crippen LogP contribution in [-0.4, -0.2) is 37.0 Å². The maximum absolute atomic E-state index is 9.83. The highest BCUT2D eigenvalue weighted by Gasteiger charge is 2.00. The van der Waals surface area contributed by atoms with E-state index in [4.69, 9.17) is 9.66 Å². The van der Waals surface area contributed by atoms with E-state index in [1.54, 1.807) is 0 Å². The van der Waals surface area contributed by atoms with E-state index in [1.807, 2.05) is 0 Å². The van der Waals surface area contributed by atoms with Crippen LogP contribution in [0.4, 0.5) is 0 Å². The monoisotopic (exact) mass is 197 g/mol. The van der Waals surface area contributed by atoms with Gasteiger partial charge >= 0.3 is 0 Å². The molecule has 73 valence electrons. The summed E-state index contributed by atoms with van der Waals surface area (Å²) in [5.74, 6) is -0.358. The van der Waals surface area contributed by atoms with Gasteiger partial charge in [-0.1, -0.05) is 6.08 Å². The summed E-state index contributed by atoms with van der Waals surface area (Å²) in [7, 11) is -3.85. The van der Waals surface area contributed by atoms with Gasteiger partial charge in [-0.25, -0.2) is 5.11 Å². The molecule has 0 aliphatic carbocycles. The minimum absolute atomic E-state index is 0.0961. The first-order valence-electron chi connectivity index (χ1n) is 3.23. The Bertz CT molecular complexity index is 184. The molecule has 0 saturated heterocycles. The summed E-state index contributed by atoms with van der Waals surface area (Å²) in [6.07, 6.45) is 1.42. The van der Waals surface area contributed by atoms with Crippen molar-refractivity contribution in [3.8, 4) is 0 Å². The molecular formula is C6H13O5S. The van der Waals surface area contributed by atoms with Gasteiger partial charge in [0.15, 0.2) is 0 Å². The van der Waals surface area contributed by atoms with Crippen LogP contribution in [0, 0.1) is 0 Å².